The molecule has 18 heavy (non-hydrogen) atoms. The smallest absolute Gasteiger partial charge is 0.240 e. The maximum Gasteiger partial charge on any atom is 0.240 e. The summed E-state index contributed by atoms with van der Waals surface area (Å²) in [5.74, 6) is -0.125. The summed E-state index contributed by atoms with van der Waals surface area (Å²) in [6.45, 7) is 4.85. The molecule has 0 heterocycles. The van der Waals surface area contributed by atoms with Crippen LogP contribution in [0, 0.1) is 22.2 Å². The van der Waals surface area contributed by atoms with Crippen LogP contribution in [0.5, 0.6) is 0 Å². The van der Waals surface area contributed by atoms with E-state index in [0.717, 1.165) is 19.3 Å². The summed E-state index contributed by atoms with van der Waals surface area (Å²) in [7, 11) is 0. The minimum atomic E-state index is -0.771. The lowest BCUT2D eigenvalue weighted by Gasteiger charge is -2.36. The molecule has 1 rings (SSSR count). The maximum absolute atomic E-state index is 12.1. The Kier molecular flexibility index (Phi) is 5.15. The fourth-order valence-electron chi connectivity index (χ4n) is 2.54. The Morgan fingerprint density at radius 3 is 2.39 bits per heavy atom. The lowest BCUT2D eigenvalue weighted by atomic mass is 9.69. The van der Waals surface area contributed by atoms with Crippen LogP contribution in [-0.4, -0.2) is 24.2 Å². The molecule has 0 aromatic rings. The van der Waals surface area contributed by atoms with Gasteiger partial charge in [0.15, 0.2) is 0 Å². The third-order valence-corrected chi connectivity index (χ3v) is 4.62. The van der Waals surface area contributed by atoms with Gasteiger partial charge in [-0.15, -0.1) is 0 Å². The minimum absolute atomic E-state index is 0.0369. The Morgan fingerprint density at radius 2 is 2.06 bits per heavy atom. The van der Waals surface area contributed by atoms with E-state index in [9.17, 15) is 4.79 Å². The maximum atomic E-state index is 12.1. The van der Waals surface area contributed by atoms with E-state index in [-0.39, 0.29) is 17.9 Å². The summed E-state index contributed by atoms with van der Waals surface area (Å²) >= 11 is 0. The molecule has 102 valence electrons. The SMILES string of the molecule is CCC(CC)(CCO)CNC(=O)C1(C#N)CCC1. The molecule has 1 saturated carbocycles. The van der Waals surface area contributed by atoms with Crippen LogP contribution in [0.4, 0.5) is 0 Å². The zero-order valence-corrected chi connectivity index (χ0v) is 11.5. The summed E-state index contributed by atoms with van der Waals surface area (Å²) in [5, 5.41) is 21.2. The van der Waals surface area contributed by atoms with Gasteiger partial charge in [0.1, 0.15) is 5.41 Å². The molecule has 1 aliphatic rings. The van der Waals surface area contributed by atoms with Crippen LogP contribution in [0.2, 0.25) is 0 Å². The van der Waals surface area contributed by atoms with Crippen molar-refractivity contribution in [2.24, 2.45) is 10.8 Å². The number of aliphatic hydroxyl groups is 1. The van der Waals surface area contributed by atoms with E-state index >= 15 is 0 Å². The van der Waals surface area contributed by atoms with Crippen molar-refractivity contribution in [3.05, 3.63) is 0 Å². The quantitative estimate of drug-likeness (QED) is 0.727. The number of aliphatic hydroxyl groups excluding tert-OH is 1. The molecule has 0 atom stereocenters. The van der Waals surface area contributed by atoms with Crippen molar-refractivity contribution in [1.29, 1.82) is 5.26 Å². The van der Waals surface area contributed by atoms with Crippen molar-refractivity contribution >= 4 is 5.91 Å². The number of amides is 1. The van der Waals surface area contributed by atoms with Crippen LogP contribution in [0.25, 0.3) is 0 Å². The molecule has 0 saturated heterocycles. The van der Waals surface area contributed by atoms with Gasteiger partial charge in [0.2, 0.25) is 5.91 Å². The van der Waals surface area contributed by atoms with Gasteiger partial charge in [0.25, 0.3) is 0 Å². The molecular weight excluding hydrogens is 228 g/mol. The summed E-state index contributed by atoms with van der Waals surface area (Å²) in [6, 6.07) is 2.16. The van der Waals surface area contributed by atoms with Gasteiger partial charge in [-0.2, -0.15) is 5.26 Å². The van der Waals surface area contributed by atoms with Gasteiger partial charge in [-0.25, -0.2) is 0 Å². The summed E-state index contributed by atoms with van der Waals surface area (Å²) in [6.07, 6.45) is 4.86. The highest BCUT2D eigenvalue weighted by Crippen LogP contribution is 2.40. The predicted octanol–water partition coefficient (Wildman–Crippen LogP) is 1.99. The third kappa shape index (κ3) is 2.84. The molecule has 1 fully saturated rings. The molecule has 1 aliphatic carbocycles. The van der Waals surface area contributed by atoms with Crippen molar-refractivity contribution in [1.82, 2.24) is 5.32 Å². The van der Waals surface area contributed by atoms with Gasteiger partial charge in [0, 0.05) is 13.2 Å². The zero-order chi connectivity index (χ0) is 13.6. The molecule has 0 aliphatic heterocycles. The molecular formula is C14H24N2O2. The highest BCUT2D eigenvalue weighted by molar-refractivity contribution is 5.86. The molecule has 0 radical (unpaired) electrons. The van der Waals surface area contributed by atoms with E-state index in [1.54, 1.807) is 0 Å². The van der Waals surface area contributed by atoms with Crippen LogP contribution in [0.15, 0.2) is 0 Å². The molecule has 0 aromatic heterocycles. The monoisotopic (exact) mass is 252 g/mol. The Bertz CT molecular complexity index is 325. The molecule has 4 nitrogen and oxygen atoms in total. The van der Waals surface area contributed by atoms with E-state index in [1.165, 1.54) is 0 Å². The number of hydrogen-bond acceptors (Lipinski definition) is 3. The highest BCUT2D eigenvalue weighted by atomic mass is 16.3. The van der Waals surface area contributed by atoms with Gasteiger partial charge < -0.3 is 10.4 Å². The van der Waals surface area contributed by atoms with Gasteiger partial charge in [-0.1, -0.05) is 13.8 Å². The van der Waals surface area contributed by atoms with Crippen molar-refractivity contribution in [3.8, 4) is 6.07 Å². The zero-order valence-electron chi connectivity index (χ0n) is 11.5. The van der Waals surface area contributed by atoms with Crippen molar-refractivity contribution in [2.45, 2.75) is 52.4 Å². The van der Waals surface area contributed by atoms with Crippen LogP contribution in [0.3, 0.4) is 0 Å². The fraction of sp³-hybridized carbons (Fsp3) is 0.857. The molecule has 2 N–H and O–H groups in total. The van der Waals surface area contributed by atoms with Crippen molar-refractivity contribution in [3.63, 3.8) is 0 Å². The molecule has 0 unspecified atom stereocenters. The standard InChI is InChI=1S/C14H24N2O2/c1-3-13(4-2,8-9-17)11-16-12(18)14(10-15)6-5-7-14/h17H,3-9,11H2,1-2H3,(H,16,18). The number of rotatable bonds is 7. The number of nitrogens with one attached hydrogen (secondary N) is 1. The molecule has 0 bridgehead atoms. The first-order chi connectivity index (χ1) is 8.58. The first-order valence-corrected chi connectivity index (χ1v) is 6.88. The fourth-order valence-corrected chi connectivity index (χ4v) is 2.54. The van der Waals surface area contributed by atoms with Gasteiger partial charge in [-0.05, 0) is 43.9 Å². The largest absolute Gasteiger partial charge is 0.396 e. The van der Waals surface area contributed by atoms with Gasteiger partial charge in [0.05, 0.1) is 6.07 Å². The highest BCUT2D eigenvalue weighted by Gasteiger charge is 2.45. The third-order valence-electron chi connectivity index (χ3n) is 4.62. The normalized spacial score (nSPS) is 17.7. The number of carbonyl (C=O) groups excluding carboxylic acids is 1. The van der Waals surface area contributed by atoms with E-state index in [0.29, 0.717) is 25.8 Å². The van der Waals surface area contributed by atoms with Gasteiger partial charge in [-0.3, -0.25) is 4.79 Å². The number of hydrogen-bond donors (Lipinski definition) is 2. The predicted molar refractivity (Wildman–Crippen MR) is 69.6 cm³/mol. The summed E-state index contributed by atoms with van der Waals surface area (Å²) in [5.41, 5.74) is -0.808. The molecule has 0 spiro atoms. The van der Waals surface area contributed by atoms with E-state index in [4.69, 9.17) is 10.4 Å². The Morgan fingerprint density at radius 1 is 1.44 bits per heavy atom. The minimum Gasteiger partial charge on any atom is -0.396 e. The van der Waals surface area contributed by atoms with Crippen LogP contribution < -0.4 is 5.32 Å². The second kappa shape index (κ2) is 6.19. The Labute approximate surface area is 109 Å². The van der Waals surface area contributed by atoms with Crippen LogP contribution in [0.1, 0.15) is 52.4 Å². The average molecular weight is 252 g/mol. The second-order valence-corrected chi connectivity index (χ2v) is 5.41. The number of nitriles is 1. The van der Waals surface area contributed by atoms with E-state index in [1.807, 2.05) is 0 Å². The van der Waals surface area contributed by atoms with Gasteiger partial charge >= 0.3 is 0 Å². The summed E-state index contributed by atoms with van der Waals surface area (Å²) in [4.78, 5) is 12.1. The van der Waals surface area contributed by atoms with E-state index in [2.05, 4.69) is 25.2 Å². The molecule has 0 aromatic carbocycles. The van der Waals surface area contributed by atoms with Crippen LogP contribution >= 0.6 is 0 Å². The lowest BCUT2D eigenvalue weighted by molar-refractivity contribution is -0.132. The van der Waals surface area contributed by atoms with Crippen molar-refractivity contribution < 1.29 is 9.90 Å². The average Bonchev–Trinajstić information content (AvgIpc) is 2.34. The van der Waals surface area contributed by atoms with Crippen LogP contribution in [-0.2, 0) is 4.79 Å². The number of carbonyl (C=O) groups is 1. The Balaban J connectivity index is 2.57. The first-order valence-electron chi connectivity index (χ1n) is 6.88. The van der Waals surface area contributed by atoms with E-state index < -0.39 is 5.41 Å². The lowest BCUT2D eigenvalue weighted by Crippen LogP contribution is -2.48. The first kappa shape index (κ1) is 15.0. The second-order valence-electron chi connectivity index (χ2n) is 5.41. The molecule has 1 amide bonds. The summed E-state index contributed by atoms with van der Waals surface area (Å²) < 4.78 is 0. The Hall–Kier alpha value is -1.08. The van der Waals surface area contributed by atoms with Crippen molar-refractivity contribution in [2.75, 3.05) is 13.2 Å². The number of nitrogens with zero attached hydrogens (tertiary/aromatic N) is 1. The topological polar surface area (TPSA) is 73.1 Å². The molecule has 4 heteroatoms.